The molecule has 1 N–H and O–H groups in total. The quantitative estimate of drug-likeness (QED) is 0.0797. The van der Waals surface area contributed by atoms with Crippen molar-refractivity contribution in [2.45, 2.75) is 181 Å². The van der Waals surface area contributed by atoms with E-state index in [4.69, 9.17) is 0 Å². The van der Waals surface area contributed by atoms with Crippen LogP contribution in [0.4, 0.5) is 0 Å². The minimum Gasteiger partial charge on any atom is -0.356 e. The van der Waals surface area contributed by atoms with E-state index in [1.807, 2.05) is 0 Å². The molecule has 0 saturated heterocycles. The monoisotopic (exact) mass is 504 g/mol. The summed E-state index contributed by atoms with van der Waals surface area (Å²) in [7, 11) is 0. The molecule has 2 nitrogen and oxygen atoms in total. The van der Waals surface area contributed by atoms with Crippen LogP contribution in [0.5, 0.6) is 0 Å². The summed E-state index contributed by atoms with van der Waals surface area (Å²) in [4.78, 5) is 12.0. The molecule has 0 heterocycles. The van der Waals surface area contributed by atoms with E-state index < -0.39 is 0 Å². The molecular weight excluding hydrogens is 438 g/mol. The number of carbonyl (C=O) groups is 1. The number of rotatable bonds is 29. The average Bonchev–Trinajstić information content (AvgIpc) is 2.88. The van der Waals surface area contributed by atoms with Crippen LogP contribution < -0.4 is 5.32 Å². The summed E-state index contributed by atoms with van der Waals surface area (Å²) in [6, 6.07) is 0. The topological polar surface area (TPSA) is 29.1 Å². The molecule has 0 atom stereocenters. The maximum Gasteiger partial charge on any atom is 0.219 e. The maximum atomic E-state index is 12.0. The van der Waals surface area contributed by atoms with Crippen molar-refractivity contribution < 1.29 is 4.79 Å². The van der Waals surface area contributed by atoms with E-state index >= 15 is 0 Å². The van der Waals surface area contributed by atoms with Crippen LogP contribution in [0.25, 0.3) is 0 Å². The SMILES string of the molecule is CCCCCC=CCC=CCCCCCCCC(=O)NCCCCCCCCCCCCCCCC. The Kier molecular flexibility index (Phi) is 31.0. The summed E-state index contributed by atoms with van der Waals surface area (Å²) in [6.07, 6.45) is 42.9. The molecule has 0 unspecified atom stereocenters. The van der Waals surface area contributed by atoms with Crippen LogP contribution in [0, 0.1) is 0 Å². The molecule has 0 saturated carbocycles. The summed E-state index contributed by atoms with van der Waals surface area (Å²) in [5.41, 5.74) is 0. The van der Waals surface area contributed by atoms with Crippen LogP contribution >= 0.6 is 0 Å². The maximum absolute atomic E-state index is 12.0. The normalized spacial score (nSPS) is 11.7. The zero-order valence-corrected chi connectivity index (χ0v) is 24.8. The van der Waals surface area contributed by atoms with Gasteiger partial charge in [-0.1, -0.05) is 154 Å². The molecule has 2 heteroatoms. The van der Waals surface area contributed by atoms with Crippen molar-refractivity contribution in [1.29, 1.82) is 0 Å². The molecule has 0 aliphatic carbocycles. The molecule has 0 aromatic carbocycles. The Morgan fingerprint density at radius 3 is 1.39 bits per heavy atom. The lowest BCUT2D eigenvalue weighted by molar-refractivity contribution is -0.121. The van der Waals surface area contributed by atoms with Gasteiger partial charge >= 0.3 is 0 Å². The van der Waals surface area contributed by atoms with Crippen LogP contribution in [0.3, 0.4) is 0 Å². The van der Waals surface area contributed by atoms with Gasteiger partial charge in [-0.3, -0.25) is 4.79 Å². The van der Waals surface area contributed by atoms with Crippen LogP contribution in [0.2, 0.25) is 0 Å². The smallest absolute Gasteiger partial charge is 0.219 e. The van der Waals surface area contributed by atoms with E-state index in [1.54, 1.807) is 0 Å². The third-order valence-corrected chi connectivity index (χ3v) is 7.21. The first kappa shape index (κ1) is 35.0. The lowest BCUT2D eigenvalue weighted by atomic mass is 10.0. The Morgan fingerprint density at radius 1 is 0.472 bits per heavy atom. The van der Waals surface area contributed by atoms with Gasteiger partial charge in [0.25, 0.3) is 0 Å². The molecule has 0 radical (unpaired) electrons. The molecule has 0 aromatic heterocycles. The van der Waals surface area contributed by atoms with Crippen LogP contribution in [0.1, 0.15) is 181 Å². The van der Waals surface area contributed by atoms with Gasteiger partial charge < -0.3 is 5.32 Å². The molecule has 0 rings (SSSR count). The number of hydrogen-bond donors (Lipinski definition) is 1. The van der Waals surface area contributed by atoms with Crippen molar-refractivity contribution in [1.82, 2.24) is 5.32 Å². The van der Waals surface area contributed by atoms with Crippen molar-refractivity contribution in [3.63, 3.8) is 0 Å². The standard InChI is InChI=1S/C34H65NO/c1-3-5-7-9-11-13-15-17-19-20-22-24-26-28-30-32-34(36)35-33-31-29-27-25-23-21-18-16-14-12-10-8-6-4-2/h11,13,17,19H,3-10,12,14-16,18,20-33H2,1-2H3,(H,35,36). The van der Waals surface area contributed by atoms with Gasteiger partial charge in [-0.2, -0.15) is 0 Å². The van der Waals surface area contributed by atoms with Gasteiger partial charge in [0.2, 0.25) is 5.91 Å². The Morgan fingerprint density at radius 2 is 0.861 bits per heavy atom. The molecule has 0 spiro atoms. The first-order valence-corrected chi connectivity index (χ1v) is 16.4. The van der Waals surface area contributed by atoms with Crippen LogP contribution in [0.15, 0.2) is 24.3 Å². The highest BCUT2D eigenvalue weighted by Gasteiger charge is 2.00. The third-order valence-electron chi connectivity index (χ3n) is 7.21. The van der Waals surface area contributed by atoms with Crippen molar-refractivity contribution in [3.05, 3.63) is 24.3 Å². The predicted octanol–water partition coefficient (Wildman–Crippen LogP) is 11.4. The summed E-state index contributed by atoms with van der Waals surface area (Å²) in [5, 5.41) is 3.12. The van der Waals surface area contributed by atoms with Crippen molar-refractivity contribution in [3.8, 4) is 0 Å². The summed E-state index contributed by atoms with van der Waals surface area (Å²) < 4.78 is 0. The van der Waals surface area contributed by atoms with Crippen molar-refractivity contribution in [2.75, 3.05) is 6.54 Å². The number of amides is 1. The average molecular weight is 504 g/mol. The first-order valence-electron chi connectivity index (χ1n) is 16.4. The highest BCUT2D eigenvalue weighted by molar-refractivity contribution is 5.75. The lowest BCUT2D eigenvalue weighted by Gasteiger charge is -2.06. The van der Waals surface area contributed by atoms with Gasteiger partial charge in [0.15, 0.2) is 0 Å². The van der Waals surface area contributed by atoms with Gasteiger partial charge in [-0.05, 0) is 44.9 Å². The second-order valence-corrected chi connectivity index (χ2v) is 10.9. The van der Waals surface area contributed by atoms with Crippen molar-refractivity contribution in [2.24, 2.45) is 0 Å². The second kappa shape index (κ2) is 32.0. The van der Waals surface area contributed by atoms with Crippen LogP contribution in [-0.2, 0) is 4.79 Å². The van der Waals surface area contributed by atoms with E-state index in [1.165, 1.54) is 141 Å². The predicted molar refractivity (Wildman–Crippen MR) is 163 cm³/mol. The molecular formula is C34H65NO. The molecule has 1 amide bonds. The first-order chi connectivity index (χ1) is 17.8. The molecule has 0 fully saturated rings. The summed E-state index contributed by atoms with van der Waals surface area (Å²) in [6.45, 7) is 5.42. The largest absolute Gasteiger partial charge is 0.356 e. The van der Waals surface area contributed by atoms with Crippen LogP contribution in [-0.4, -0.2) is 12.5 Å². The molecule has 0 aromatic rings. The molecule has 0 aliphatic rings. The minimum absolute atomic E-state index is 0.260. The van der Waals surface area contributed by atoms with E-state index in [9.17, 15) is 4.79 Å². The summed E-state index contributed by atoms with van der Waals surface area (Å²) in [5.74, 6) is 0.260. The number of unbranched alkanes of at least 4 members (excludes halogenated alkanes) is 21. The minimum atomic E-state index is 0.260. The fourth-order valence-corrected chi connectivity index (χ4v) is 4.73. The van der Waals surface area contributed by atoms with Gasteiger partial charge in [-0.25, -0.2) is 0 Å². The number of carbonyl (C=O) groups excluding carboxylic acids is 1. The highest BCUT2D eigenvalue weighted by Crippen LogP contribution is 2.13. The van der Waals surface area contributed by atoms with E-state index in [2.05, 4.69) is 43.5 Å². The number of hydrogen-bond acceptors (Lipinski definition) is 1. The fourth-order valence-electron chi connectivity index (χ4n) is 4.73. The Hall–Kier alpha value is -1.05. The highest BCUT2D eigenvalue weighted by atomic mass is 16.1. The van der Waals surface area contributed by atoms with E-state index in [0.717, 1.165) is 25.8 Å². The molecule has 0 aliphatic heterocycles. The van der Waals surface area contributed by atoms with Crippen molar-refractivity contribution >= 4 is 5.91 Å². The van der Waals surface area contributed by atoms with E-state index in [-0.39, 0.29) is 5.91 Å². The van der Waals surface area contributed by atoms with E-state index in [0.29, 0.717) is 6.42 Å². The summed E-state index contributed by atoms with van der Waals surface area (Å²) >= 11 is 0. The van der Waals surface area contributed by atoms with Gasteiger partial charge in [0, 0.05) is 13.0 Å². The second-order valence-electron chi connectivity index (χ2n) is 10.9. The van der Waals surface area contributed by atoms with Gasteiger partial charge in [0.05, 0.1) is 0 Å². The third kappa shape index (κ3) is 31.0. The zero-order chi connectivity index (χ0) is 26.2. The number of nitrogens with one attached hydrogen (secondary N) is 1. The zero-order valence-electron chi connectivity index (χ0n) is 24.8. The molecule has 36 heavy (non-hydrogen) atoms. The Balaban J connectivity index is 3.22. The van der Waals surface area contributed by atoms with Gasteiger partial charge in [0.1, 0.15) is 0 Å². The lowest BCUT2D eigenvalue weighted by Crippen LogP contribution is -2.23. The molecule has 212 valence electrons. The number of allylic oxidation sites excluding steroid dienone is 4. The Labute approximate surface area is 227 Å². The van der Waals surface area contributed by atoms with Gasteiger partial charge in [-0.15, -0.1) is 0 Å². The fraction of sp³-hybridized carbons (Fsp3) is 0.853. The molecule has 0 bridgehead atoms. The Bertz CT molecular complexity index is 482.